The number of rotatable bonds is 3. The Morgan fingerprint density at radius 3 is 2.41 bits per heavy atom. The molecule has 2 saturated carbocycles. The summed E-state index contributed by atoms with van der Waals surface area (Å²) in [5, 5.41) is 13.4. The van der Waals surface area contributed by atoms with Crippen molar-refractivity contribution >= 4 is 35.1 Å². The van der Waals surface area contributed by atoms with E-state index in [4.69, 9.17) is 0 Å². The van der Waals surface area contributed by atoms with E-state index >= 15 is 0 Å². The summed E-state index contributed by atoms with van der Waals surface area (Å²) >= 11 is 4.38. The molecule has 1 saturated heterocycles. The lowest BCUT2D eigenvalue weighted by molar-refractivity contribution is -0.122. The van der Waals surface area contributed by atoms with Crippen LogP contribution in [0.5, 0.6) is 5.75 Å². The predicted octanol–water partition coefficient (Wildman–Crippen LogP) is 5.77. The van der Waals surface area contributed by atoms with Gasteiger partial charge >= 0.3 is 0 Å². The molecule has 2 bridgehead atoms. The van der Waals surface area contributed by atoms with Crippen LogP contribution in [0.4, 0.5) is 5.69 Å². The first-order valence-corrected chi connectivity index (χ1v) is 12.3. The number of hydrogen-bond donors (Lipinski definition) is 2. The lowest BCUT2D eigenvalue weighted by Gasteiger charge is -2.52. The monoisotopic (exact) mass is 405 g/mol. The number of hydrogen-bond acceptors (Lipinski definition) is 4. The molecule has 2 N–H and O–H groups in total. The topological polar surface area (TPSA) is 49.3 Å². The number of nitrogens with one attached hydrogen (secondary N) is 1. The lowest BCUT2D eigenvalue weighted by Crippen LogP contribution is -2.48. The highest BCUT2D eigenvalue weighted by Crippen LogP contribution is 2.64. The van der Waals surface area contributed by atoms with Crippen LogP contribution < -0.4 is 5.32 Å². The molecule has 1 heterocycles. The number of phenolic OH excluding ortho intramolecular Hbond substituents is 1. The maximum Gasteiger partial charge on any atom is 0.227 e. The van der Waals surface area contributed by atoms with Crippen molar-refractivity contribution in [2.75, 3.05) is 16.8 Å². The van der Waals surface area contributed by atoms with Crippen LogP contribution in [-0.4, -0.2) is 26.6 Å². The minimum atomic E-state index is 0.128. The van der Waals surface area contributed by atoms with Crippen LogP contribution >= 0.6 is 23.5 Å². The van der Waals surface area contributed by atoms with E-state index in [2.05, 4.69) is 42.7 Å². The summed E-state index contributed by atoms with van der Waals surface area (Å²) in [5.41, 5.74) is 2.69. The summed E-state index contributed by atoms with van der Waals surface area (Å²) in [4.78, 5) is 13.1. The normalized spacial score (nSPS) is 29.3. The number of aromatic hydroxyl groups is 1. The van der Waals surface area contributed by atoms with Gasteiger partial charge in [0.05, 0.1) is 4.08 Å². The third-order valence-corrected chi connectivity index (χ3v) is 10.8. The molecule has 1 aromatic rings. The van der Waals surface area contributed by atoms with Gasteiger partial charge in [-0.2, -0.15) is 0 Å². The minimum absolute atomic E-state index is 0.128. The molecule has 1 amide bonds. The molecule has 3 aliphatic rings. The minimum Gasteiger partial charge on any atom is -0.508 e. The highest BCUT2D eigenvalue weighted by molar-refractivity contribution is 8.21. The highest BCUT2D eigenvalue weighted by Gasteiger charge is 2.55. The van der Waals surface area contributed by atoms with Gasteiger partial charge in [-0.3, -0.25) is 4.79 Å². The maximum atomic E-state index is 13.1. The fourth-order valence-corrected chi connectivity index (χ4v) is 9.30. The number of carbonyl (C=O) groups is 1. The van der Waals surface area contributed by atoms with Gasteiger partial charge in [-0.1, -0.05) is 20.3 Å². The van der Waals surface area contributed by atoms with E-state index in [1.165, 1.54) is 30.8 Å². The standard InChI is InChI=1S/C22H31NO2S2/c1-13(2)18-12-19(14(3)9-20(18)24)23-21(25)15-10-16-5-4-6-17(11-15)22(16)26-7-8-27-22/h9,12-13,15-17,24H,4-8,10-11H2,1-3H3,(H,23,25). The van der Waals surface area contributed by atoms with Crippen molar-refractivity contribution in [2.45, 2.75) is 62.9 Å². The van der Waals surface area contributed by atoms with Crippen molar-refractivity contribution in [3.05, 3.63) is 23.3 Å². The molecule has 5 heteroatoms. The lowest BCUT2D eigenvalue weighted by atomic mass is 9.67. The number of phenols is 1. The third kappa shape index (κ3) is 3.50. The van der Waals surface area contributed by atoms with Gasteiger partial charge < -0.3 is 10.4 Å². The Kier molecular flexibility index (Phi) is 5.45. The van der Waals surface area contributed by atoms with Crippen molar-refractivity contribution in [3.8, 4) is 5.75 Å². The van der Waals surface area contributed by atoms with Crippen LogP contribution in [0, 0.1) is 24.7 Å². The van der Waals surface area contributed by atoms with Crippen molar-refractivity contribution < 1.29 is 9.90 Å². The van der Waals surface area contributed by atoms with Crippen molar-refractivity contribution in [2.24, 2.45) is 17.8 Å². The molecule has 0 radical (unpaired) electrons. The maximum absolute atomic E-state index is 13.1. The quantitative estimate of drug-likeness (QED) is 0.627. The molecular weight excluding hydrogens is 374 g/mol. The summed E-state index contributed by atoms with van der Waals surface area (Å²) in [7, 11) is 0. The molecule has 2 unspecified atom stereocenters. The van der Waals surface area contributed by atoms with Crippen molar-refractivity contribution in [1.29, 1.82) is 0 Å². The molecule has 2 atom stereocenters. The van der Waals surface area contributed by atoms with Gasteiger partial charge in [-0.15, -0.1) is 23.5 Å². The summed E-state index contributed by atoms with van der Waals surface area (Å²) in [6.45, 7) is 6.08. The van der Waals surface area contributed by atoms with Gasteiger partial charge in [0.25, 0.3) is 0 Å². The Balaban J connectivity index is 1.51. The Morgan fingerprint density at radius 1 is 1.19 bits per heavy atom. The molecule has 1 spiro atoms. The van der Waals surface area contributed by atoms with Crippen LogP contribution in [0.15, 0.2) is 12.1 Å². The first-order valence-electron chi connectivity index (χ1n) is 10.3. The Labute approximate surface area is 171 Å². The zero-order valence-corrected chi connectivity index (χ0v) is 18.2. The predicted molar refractivity (Wildman–Crippen MR) is 117 cm³/mol. The van der Waals surface area contributed by atoms with Gasteiger partial charge in [0, 0.05) is 23.1 Å². The Morgan fingerprint density at radius 2 is 1.81 bits per heavy atom. The average Bonchev–Trinajstić information content (AvgIpc) is 3.06. The number of carbonyl (C=O) groups excluding carboxylic acids is 1. The Hall–Kier alpha value is -0.810. The smallest absolute Gasteiger partial charge is 0.227 e. The van der Waals surface area contributed by atoms with E-state index in [0.29, 0.717) is 21.7 Å². The largest absolute Gasteiger partial charge is 0.508 e. The van der Waals surface area contributed by atoms with E-state index in [1.54, 1.807) is 6.07 Å². The molecule has 3 fully saturated rings. The van der Waals surface area contributed by atoms with Crippen LogP contribution in [0.1, 0.15) is 63.0 Å². The van der Waals surface area contributed by atoms with Gasteiger partial charge in [0.1, 0.15) is 5.75 Å². The van der Waals surface area contributed by atoms with E-state index in [1.807, 2.05) is 13.0 Å². The second-order valence-corrected chi connectivity index (χ2v) is 11.8. The Bertz CT molecular complexity index is 711. The molecule has 4 rings (SSSR count). The molecule has 3 nitrogen and oxygen atoms in total. The number of thioether (sulfide) groups is 2. The summed E-state index contributed by atoms with van der Waals surface area (Å²) < 4.78 is 0.411. The van der Waals surface area contributed by atoms with E-state index in [0.717, 1.165) is 29.7 Å². The molecule has 148 valence electrons. The fraction of sp³-hybridized carbons (Fsp3) is 0.682. The number of benzene rings is 1. The molecular formula is C22H31NO2S2. The van der Waals surface area contributed by atoms with E-state index in [9.17, 15) is 9.90 Å². The van der Waals surface area contributed by atoms with E-state index in [-0.39, 0.29) is 17.7 Å². The fourth-order valence-electron chi connectivity index (χ4n) is 5.36. The van der Waals surface area contributed by atoms with Gasteiger partial charge in [-0.25, -0.2) is 0 Å². The first-order chi connectivity index (χ1) is 12.9. The van der Waals surface area contributed by atoms with Crippen LogP contribution in [0.2, 0.25) is 0 Å². The van der Waals surface area contributed by atoms with Crippen LogP contribution in [-0.2, 0) is 4.79 Å². The van der Waals surface area contributed by atoms with Crippen molar-refractivity contribution in [1.82, 2.24) is 0 Å². The van der Waals surface area contributed by atoms with Gasteiger partial charge in [0.15, 0.2) is 0 Å². The highest BCUT2D eigenvalue weighted by atomic mass is 32.2. The van der Waals surface area contributed by atoms with Crippen molar-refractivity contribution in [3.63, 3.8) is 0 Å². The summed E-state index contributed by atoms with van der Waals surface area (Å²) in [6, 6.07) is 3.74. The number of aryl methyl sites for hydroxylation is 1. The first kappa shape index (κ1) is 19.5. The third-order valence-electron chi connectivity index (χ3n) is 6.74. The van der Waals surface area contributed by atoms with E-state index < -0.39 is 0 Å². The average molecular weight is 406 g/mol. The molecule has 27 heavy (non-hydrogen) atoms. The van der Waals surface area contributed by atoms with Crippen LogP contribution in [0.3, 0.4) is 0 Å². The molecule has 1 aliphatic heterocycles. The summed E-state index contributed by atoms with van der Waals surface area (Å²) in [5.74, 6) is 4.78. The number of anilines is 1. The number of amides is 1. The van der Waals surface area contributed by atoms with Gasteiger partial charge in [-0.05, 0) is 73.6 Å². The molecule has 0 aromatic heterocycles. The molecule has 2 aliphatic carbocycles. The summed E-state index contributed by atoms with van der Waals surface area (Å²) in [6.07, 6.45) is 5.99. The molecule has 1 aromatic carbocycles. The second kappa shape index (κ2) is 7.55. The second-order valence-electron chi connectivity index (χ2n) is 8.78. The zero-order valence-electron chi connectivity index (χ0n) is 16.6. The van der Waals surface area contributed by atoms with Crippen LogP contribution in [0.25, 0.3) is 0 Å². The van der Waals surface area contributed by atoms with Gasteiger partial charge in [0.2, 0.25) is 5.91 Å². The SMILES string of the molecule is Cc1cc(O)c(C(C)C)cc1NC(=O)C1CC2CCCC(C1)C21SCCS1. The zero-order chi connectivity index (χ0) is 19.2.